The first-order chi connectivity index (χ1) is 8.71. The predicted octanol–water partition coefficient (Wildman–Crippen LogP) is 4.22. The number of hydrogen-bond acceptors (Lipinski definition) is 1. The van der Waals surface area contributed by atoms with Crippen molar-refractivity contribution in [3.8, 4) is 0 Å². The third kappa shape index (κ3) is 5.03. The molecule has 7 heteroatoms. The summed E-state index contributed by atoms with van der Waals surface area (Å²) in [5.74, 6) is -0.560. The fourth-order valence-electron chi connectivity index (χ4n) is 1.36. The third-order valence-corrected chi connectivity index (χ3v) is 3.28. The number of halogens is 5. The number of rotatable bonds is 4. The highest BCUT2D eigenvalue weighted by Crippen LogP contribution is 2.31. The maximum absolute atomic E-state index is 12.6. The van der Waals surface area contributed by atoms with Crippen LogP contribution in [0.1, 0.15) is 29.3 Å². The molecule has 0 aromatic heterocycles. The highest BCUT2D eigenvalue weighted by Gasteiger charge is 2.31. The zero-order valence-electron chi connectivity index (χ0n) is 10.0. The van der Waals surface area contributed by atoms with Gasteiger partial charge in [-0.05, 0) is 47.5 Å². The second-order valence-electron chi connectivity index (χ2n) is 4.02. The van der Waals surface area contributed by atoms with Crippen LogP contribution < -0.4 is 5.32 Å². The Morgan fingerprint density at radius 2 is 2.11 bits per heavy atom. The molecule has 1 N–H and O–H groups in total. The standard InChI is InChI=1S/C12H12BrClF3NO/c1-7(14)4-5-18-11(19)9-6-8(12(15,16)17)2-3-10(9)13/h2-3,6-7H,4-5H2,1H3,(H,18,19). The van der Waals surface area contributed by atoms with Crippen molar-refractivity contribution < 1.29 is 18.0 Å². The van der Waals surface area contributed by atoms with E-state index < -0.39 is 17.6 Å². The summed E-state index contributed by atoms with van der Waals surface area (Å²) in [5.41, 5.74) is -0.899. The second kappa shape index (κ2) is 6.61. The van der Waals surface area contributed by atoms with Gasteiger partial charge in [-0.3, -0.25) is 4.79 Å². The monoisotopic (exact) mass is 357 g/mol. The minimum atomic E-state index is -4.47. The normalized spacial score (nSPS) is 13.2. The summed E-state index contributed by atoms with van der Waals surface area (Å²) in [6.45, 7) is 2.08. The van der Waals surface area contributed by atoms with Gasteiger partial charge in [-0.1, -0.05) is 0 Å². The van der Waals surface area contributed by atoms with E-state index in [1.54, 1.807) is 6.92 Å². The van der Waals surface area contributed by atoms with Gasteiger partial charge < -0.3 is 5.32 Å². The second-order valence-corrected chi connectivity index (χ2v) is 5.62. The van der Waals surface area contributed by atoms with Crippen molar-refractivity contribution in [3.63, 3.8) is 0 Å². The van der Waals surface area contributed by atoms with Crippen molar-refractivity contribution in [2.75, 3.05) is 6.54 Å². The topological polar surface area (TPSA) is 29.1 Å². The van der Waals surface area contributed by atoms with Crippen molar-refractivity contribution >= 4 is 33.4 Å². The Labute approximate surface area is 122 Å². The Morgan fingerprint density at radius 3 is 2.63 bits per heavy atom. The molecule has 1 unspecified atom stereocenters. The Balaban J connectivity index is 2.84. The summed E-state index contributed by atoms with van der Waals surface area (Å²) in [7, 11) is 0. The summed E-state index contributed by atoms with van der Waals surface area (Å²) < 4.78 is 38.0. The highest BCUT2D eigenvalue weighted by atomic mass is 79.9. The Kier molecular flexibility index (Phi) is 5.67. The molecule has 0 saturated carbocycles. The zero-order valence-corrected chi connectivity index (χ0v) is 12.4. The van der Waals surface area contributed by atoms with Gasteiger partial charge >= 0.3 is 6.18 Å². The van der Waals surface area contributed by atoms with Gasteiger partial charge in [0.1, 0.15) is 0 Å². The molecule has 0 radical (unpaired) electrons. The SMILES string of the molecule is CC(Cl)CCNC(=O)c1cc(C(F)(F)F)ccc1Br. The van der Waals surface area contributed by atoms with Crippen molar-refractivity contribution in [1.29, 1.82) is 0 Å². The van der Waals surface area contributed by atoms with Gasteiger partial charge in [0.05, 0.1) is 11.1 Å². The van der Waals surface area contributed by atoms with Gasteiger partial charge in [-0.2, -0.15) is 13.2 Å². The average molecular weight is 359 g/mol. The lowest BCUT2D eigenvalue weighted by Gasteiger charge is -2.11. The van der Waals surface area contributed by atoms with Crippen LogP contribution in [0.25, 0.3) is 0 Å². The van der Waals surface area contributed by atoms with Crippen LogP contribution in [0.15, 0.2) is 22.7 Å². The van der Waals surface area contributed by atoms with E-state index >= 15 is 0 Å². The molecule has 1 aromatic carbocycles. The van der Waals surface area contributed by atoms with E-state index in [0.29, 0.717) is 17.4 Å². The quantitative estimate of drug-likeness (QED) is 0.803. The van der Waals surface area contributed by atoms with Gasteiger partial charge in [0.25, 0.3) is 5.91 Å². The van der Waals surface area contributed by atoms with Crippen molar-refractivity contribution in [2.45, 2.75) is 24.9 Å². The van der Waals surface area contributed by atoms with E-state index in [-0.39, 0.29) is 10.9 Å². The summed E-state index contributed by atoms with van der Waals surface area (Å²) in [6.07, 6.45) is -3.93. The maximum atomic E-state index is 12.6. The van der Waals surface area contributed by atoms with Crippen LogP contribution in [-0.2, 0) is 6.18 Å². The Morgan fingerprint density at radius 1 is 1.47 bits per heavy atom. The van der Waals surface area contributed by atoms with Crippen LogP contribution in [-0.4, -0.2) is 17.8 Å². The summed E-state index contributed by atoms with van der Waals surface area (Å²) in [6, 6.07) is 2.95. The van der Waals surface area contributed by atoms with Crippen LogP contribution in [0.2, 0.25) is 0 Å². The number of nitrogens with one attached hydrogen (secondary N) is 1. The van der Waals surface area contributed by atoms with E-state index in [9.17, 15) is 18.0 Å². The van der Waals surface area contributed by atoms with Crippen molar-refractivity contribution in [1.82, 2.24) is 5.32 Å². The number of carbonyl (C=O) groups excluding carboxylic acids is 1. The molecule has 106 valence electrons. The van der Waals surface area contributed by atoms with Crippen molar-refractivity contribution in [3.05, 3.63) is 33.8 Å². The number of carbonyl (C=O) groups is 1. The fourth-order valence-corrected chi connectivity index (χ4v) is 1.89. The molecule has 0 aliphatic rings. The lowest BCUT2D eigenvalue weighted by molar-refractivity contribution is -0.137. The van der Waals surface area contributed by atoms with E-state index in [2.05, 4.69) is 21.2 Å². The zero-order chi connectivity index (χ0) is 14.6. The molecule has 0 bridgehead atoms. The molecule has 0 spiro atoms. The molecule has 1 amide bonds. The first kappa shape index (κ1) is 16.3. The van der Waals surface area contributed by atoms with Crippen LogP contribution in [0.5, 0.6) is 0 Å². The number of hydrogen-bond donors (Lipinski definition) is 1. The maximum Gasteiger partial charge on any atom is 0.416 e. The molecule has 1 rings (SSSR count). The Bertz CT molecular complexity index is 463. The number of alkyl halides is 4. The molecular weight excluding hydrogens is 346 g/mol. The highest BCUT2D eigenvalue weighted by molar-refractivity contribution is 9.10. The molecule has 19 heavy (non-hydrogen) atoms. The van der Waals surface area contributed by atoms with Crippen molar-refractivity contribution in [2.24, 2.45) is 0 Å². The van der Waals surface area contributed by atoms with Gasteiger partial charge in [-0.15, -0.1) is 11.6 Å². The van der Waals surface area contributed by atoms with Crippen LogP contribution in [0, 0.1) is 0 Å². The summed E-state index contributed by atoms with van der Waals surface area (Å²) in [5, 5.41) is 2.42. The minimum Gasteiger partial charge on any atom is -0.352 e. The molecule has 0 aliphatic carbocycles. The molecule has 1 atom stereocenters. The average Bonchev–Trinajstić information content (AvgIpc) is 2.27. The van der Waals surface area contributed by atoms with Crippen LogP contribution in [0.4, 0.5) is 13.2 Å². The molecule has 0 saturated heterocycles. The fraction of sp³-hybridized carbons (Fsp3) is 0.417. The number of benzene rings is 1. The van der Waals surface area contributed by atoms with E-state index in [4.69, 9.17) is 11.6 Å². The molecule has 0 fully saturated rings. The first-order valence-electron chi connectivity index (χ1n) is 5.51. The van der Waals surface area contributed by atoms with Gasteiger partial charge in [0.15, 0.2) is 0 Å². The lowest BCUT2D eigenvalue weighted by Crippen LogP contribution is -2.26. The molecular formula is C12H12BrClF3NO. The predicted molar refractivity (Wildman–Crippen MR) is 71.4 cm³/mol. The van der Waals surface area contributed by atoms with Gasteiger partial charge in [-0.25, -0.2) is 0 Å². The molecule has 0 heterocycles. The van der Waals surface area contributed by atoms with Crippen LogP contribution >= 0.6 is 27.5 Å². The van der Waals surface area contributed by atoms with E-state index in [1.165, 1.54) is 6.07 Å². The van der Waals surface area contributed by atoms with E-state index in [1.807, 2.05) is 0 Å². The summed E-state index contributed by atoms with van der Waals surface area (Å²) >= 11 is 8.78. The molecule has 2 nitrogen and oxygen atoms in total. The Hall–Kier alpha value is -0.750. The van der Waals surface area contributed by atoms with Gasteiger partial charge in [0.2, 0.25) is 0 Å². The van der Waals surface area contributed by atoms with Crippen LogP contribution in [0.3, 0.4) is 0 Å². The first-order valence-corrected chi connectivity index (χ1v) is 6.73. The van der Waals surface area contributed by atoms with E-state index in [0.717, 1.165) is 12.1 Å². The number of amides is 1. The molecule has 1 aromatic rings. The lowest BCUT2D eigenvalue weighted by atomic mass is 10.1. The smallest absolute Gasteiger partial charge is 0.352 e. The minimum absolute atomic E-state index is 0.0444. The third-order valence-electron chi connectivity index (χ3n) is 2.37. The molecule has 0 aliphatic heterocycles. The largest absolute Gasteiger partial charge is 0.416 e. The summed E-state index contributed by atoms with van der Waals surface area (Å²) in [4.78, 5) is 11.8. The van der Waals surface area contributed by atoms with Gasteiger partial charge in [0, 0.05) is 16.4 Å².